The number of rotatable bonds is 16. The first-order valence-electron chi connectivity index (χ1n) is 11.2. The van der Waals surface area contributed by atoms with E-state index in [1.807, 2.05) is 0 Å². The number of phenols is 1. The number of carboxylic acids is 1. The van der Waals surface area contributed by atoms with Crippen LogP contribution in [0.15, 0.2) is 24.3 Å². The van der Waals surface area contributed by atoms with Gasteiger partial charge < -0.3 is 48.5 Å². The highest BCUT2D eigenvalue weighted by Crippen LogP contribution is 2.12. The molecule has 12 N–H and O–H groups in total. The average molecular weight is 511 g/mol. The van der Waals surface area contributed by atoms with Crippen LogP contribution >= 0.6 is 0 Å². The fourth-order valence-electron chi connectivity index (χ4n) is 3.15. The first-order chi connectivity index (χ1) is 17.0. The molecule has 4 atom stereocenters. The Balaban J connectivity index is 3.15. The number of aromatic hydroxyl groups is 1. The molecule has 0 saturated heterocycles. The first kappa shape index (κ1) is 30.3. The molecular formula is C22H34N6O8. The standard InChI is InChI=1S/C22H34N6O8/c23-8-2-1-3-15(26-19(32)14(24)11-29)20(33)27-16(9-12-4-6-13(30)7-5-12)21(34)28-17(22(35)36)10-18(25)31/h4-7,14-17,29-30H,1-3,8-11,23-24H2,(H2,25,31)(H,26,32)(H,27,33)(H,28,34)(H,35,36). The second kappa shape index (κ2) is 15.3. The van der Waals surface area contributed by atoms with Crippen LogP contribution in [-0.2, 0) is 30.4 Å². The van der Waals surface area contributed by atoms with Crippen LogP contribution in [0.3, 0.4) is 0 Å². The molecule has 0 fully saturated rings. The van der Waals surface area contributed by atoms with Gasteiger partial charge in [-0.1, -0.05) is 12.1 Å². The van der Waals surface area contributed by atoms with Crippen LogP contribution < -0.4 is 33.2 Å². The Morgan fingerprint density at radius 2 is 1.42 bits per heavy atom. The maximum atomic E-state index is 13.1. The van der Waals surface area contributed by atoms with Crippen molar-refractivity contribution in [2.45, 2.75) is 56.3 Å². The number of hydrogen-bond donors (Lipinski definition) is 9. The van der Waals surface area contributed by atoms with Crippen LogP contribution in [0.5, 0.6) is 5.75 Å². The molecule has 0 saturated carbocycles. The van der Waals surface area contributed by atoms with Gasteiger partial charge in [0.05, 0.1) is 13.0 Å². The van der Waals surface area contributed by atoms with E-state index in [-0.39, 0.29) is 18.6 Å². The number of hydrogen-bond acceptors (Lipinski definition) is 9. The SMILES string of the molecule is NCCCCC(NC(=O)C(N)CO)C(=O)NC(Cc1ccc(O)cc1)C(=O)NC(CC(N)=O)C(=O)O. The smallest absolute Gasteiger partial charge is 0.326 e. The summed E-state index contributed by atoms with van der Waals surface area (Å²) >= 11 is 0. The van der Waals surface area contributed by atoms with Crippen LogP contribution in [0.2, 0.25) is 0 Å². The molecule has 0 aliphatic rings. The van der Waals surface area contributed by atoms with Crippen molar-refractivity contribution in [2.24, 2.45) is 17.2 Å². The number of benzene rings is 1. The molecular weight excluding hydrogens is 476 g/mol. The predicted molar refractivity (Wildman–Crippen MR) is 127 cm³/mol. The third-order valence-corrected chi connectivity index (χ3v) is 5.14. The maximum absolute atomic E-state index is 13.1. The number of nitrogens with one attached hydrogen (secondary N) is 3. The van der Waals surface area contributed by atoms with Gasteiger partial charge in [-0.05, 0) is 43.5 Å². The van der Waals surface area contributed by atoms with Gasteiger partial charge >= 0.3 is 5.97 Å². The summed E-state index contributed by atoms with van der Waals surface area (Å²) in [7, 11) is 0. The number of aliphatic carboxylic acids is 1. The fourth-order valence-corrected chi connectivity index (χ4v) is 3.15. The molecule has 1 aromatic rings. The van der Waals surface area contributed by atoms with Gasteiger partial charge in [0.1, 0.15) is 29.9 Å². The Morgan fingerprint density at radius 1 is 0.861 bits per heavy atom. The number of aliphatic hydroxyl groups excluding tert-OH is 1. The molecule has 1 aromatic carbocycles. The zero-order valence-corrected chi connectivity index (χ0v) is 19.7. The highest BCUT2D eigenvalue weighted by molar-refractivity contribution is 5.95. The summed E-state index contributed by atoms with van der Waals surface area (Å²) in [4.78, 5) is 60.9. The molecule has 0 spiro atoms. The van der Waals surface area contributed by atoms with E-state index >= 15 is 0 Å². The van der Waals surface area contributed by atoms with Crippen molar-refractivity contribution < 1.29 is 39.3 Å². The van der Waals surface area contributed by atoms with E-state index in [1.165, 1.54) is 24.3 Å². The van der Waals surface area contributed by atoms with Crippen LogP contribution in [0.25, 0.3) is 0 Å². The minimum absolute atomic E-state index is 0.0286. The monoisotopic (exact) mass is 510 g/mol. The van der Waals surface area contributed by atoms with E-state index in [4.69, 9.17) is 22.3 Å². The van der Waals surface area contributed by atoms with Gasteiger partial charge in [0.25, 0.3) is 0 Å². The van der Waals surface area contributed by atoms with Gasteiger partial charge in [-0.25, -0.2) is 4.79 Å². The third-order valence-electron chi connectivity index (χ3n) is 5.14. The second-order valence-electron chi connectivity index (χ2n) is 8.14. The number of aliphatic hydroxyl groups is 1. The fraction of sp³-hybridized carbons (Fsp3) is 0.500. The topological polar surface area (TPSA) is 260 Å². The molecule has 4 amide bonds. The molecule has 200 valence electrons. The molecule has 0 radical (unpaired) electrons. The number of carbonyl (C=O) groups excluding carboxylic acids is 4. The summed E-state index contributed by atoms with van der Waals surface area (Å²) in [6.45, 7) is -0.300. The van der Waals surface area contributed by atoms with Crippen molar-refractivity contribution in [3.63, 3.8) is 0 Å². The summed E-state index contributed by atoms with van der Waals surface area (Å²) in [5.74, 6) is -4.93. The van der Waals surface area contributed by atoms with Crippen LogP contribution in [0, 0.1) is 0 Å². The molecule has 0 heterocycles. The number of phenolic OH excluding ortho intramolecular Hbond substituents is 1. The minimum Gasteiger partial charge on any atom is -0.508 e. The average Bonchev–Trinajstić information content (AvgIpc) is 2.82. The van der Waals surface area contributed by atoms with E-state index < -0.39 is 66.8 Å². The summed E-state index contributed by atoms with van der Waals surface area (Å²) in [6.07, 6.45) is 0.381. The van der Waals surface area contributed by atoms with Crippen molar-refractivity contribution in [2.75, 3.05) is 13.2 Å². The summed E-state index contributed by atoms with van der Waals surface area (Å²) < 4.78 is 0. The Bertz CT molecular complexity index is 910. The van der Waals surface area contributed by atoms with E-state index in [0.717, 1.165) is 0 Å². The minimum atomic E-state index is -1.63. The molecule has 0 aromatic heterocycles. The van der Waals surface area contributed by atoms with E-state index in [0.29, 0.717) is 24.9 Å². The Kier molecular flexibility index (Phi) is 12.9. The lowest BCUT2D eigenvalue weighted by Gasteiger charge is -2.25. The number of nitrogens with two attached hydrogens (primary N) is 3. The van der Waals surface area contributed by atoms with Gasteiger partial charge in [-0.15, -0.1) is 0 Å². The lowest BCUT2D eigenvalue weighted by Crippen LogP contribution is -2.58. The zero-order chi connectivity index (χ0) is 27.3. The highest BCUT2D eigenvalue weighted by Gasteiger charge is 2.31. The van der Waals surface area contributed by atoms with Crippen molar-refractivity contribution >= 4 is 29.6 Å². The van der Waals surface area contributed by atoms with Crippen molar-refractivity contribution in [3.8, 4) is 5.75 Å². The largest absolute Gasteiger partial charge is 0.508 e. The van der Waals surface area contributed by atoms with E-state index in [9.17, 15) is 34.2 Å². The van der Waals surface area contributed by atoms with Gasteiger partial charge in [0, 0.05) is 6.42 Å². The molecule has 4 unspecified atom stereocenters. The van der Waals surface area contributed by atoms with Gasteiger partial charge in [0.15, 0.2) is 0 Å². The number of carboxylic acid groups (broad SMARTS) is 1. The number of unbranched alkanes of at least 4 members (excludes halogenated alkanes) is 1. The van der Waals surface area contributed by atoms with Gasteiger partial charge in [-0.2, -0.15) is 0 Å². The summed E-state index contributed by atoms with van der Waals surface area (Å²) in [5.41, 5.74) is 16.6. The van der Waals surface area contributed by atoms with Crippen LogP contribution in [-0.4, -0.2) is 82.2 Å². The second-order valence-corrected chi connectivity index (χ2v) is 8.14. The van der Waals surface area contributed by atoms with Crippen LogP contribution in [0.1, 0.15) is 31.2 Å². The predicted octanol–water partition coefficient (Wildman–Crippen LogP) is -3.20. The Morgan fingerprint density at radius 3 is 1.94 bits per heavy atom. The summed E-state index contributed by atoms with van der Waals surface area (Å²) in [6, 6.07) is 0.389. The molecule has 0 aliphatic carbocycles. The molecule has 1 rings (SSSR count). The molecule has 14 heteroatoms. The Labute approximate surface area is 207 Å². The number of carbonyl (C=O) groups is 5. The lowest BCUT2D eigenvalue weighted by molar-refractivity contribution is -0.143. The van der Waals surface area contributed by atoms with Crippen molar-refractivity contribution in [3.05, 3.63) is 29.8 Å². The third kappa shape index (κ3) is 10.7. The van der Waals surface area contributed by atoms with Crippen molar-refractivity contribution in [1.82, 2.24) is 16.0 Å². The number of amides is 4. The molecule has 14 nitrogen and oxygen atoms in total. The van der Waals surface area contributed by atoms with E-state index in [1.54, 1.807) is 0 Å². The zero-order valence-electron chi connectivity index (χ0n) is 19.7. The first-order valence-corrected chi connectivity index (χ1v) is 11.2. The van der Waals surface area contributed by atoms with E-state index in [2.05, 4.69) is 16.0 Å². The Hall–Kier alpha value is -3.75. The van der Waals surface area contributed by atoms with Crippen LogP contribution in [0.4, 0.5) is 0 Å². The normalized spacial score (nSPS) is 14.1. The maximum Gasteiger partial charge on any atom is 0.326 e. The quantitative estimate of drug-likeness (QED) is 0.101. The lowest BCUT2D eigenvalue weighted by atomic mass is 10.0. The molecule has 0 bridgehead atoms. The summed E-state index contributed by atoms with van der Waals surface area (Å²) in [5, 5.41) is 35.0. The van der Waals surface area contributed by atoms with Crippen molar-refractivity contribution in [1.29, 1.82) is 0 Å². The number of primary amides is 1. The molecule has 0 aliphatic heterocycles. The van der Waals surface area contributed by atoms with Gasteiger partial charge in [0.2, 0.25) is 23.6 Å². The molecule has 36 heavy (non-hydrogen) atoms. The highest BCUT2D eigenvalue weighted by atomic mass is 16.4. The van der Waals surface area contributed by atoms with Gasteiger partial charge in [-0.3, -0.25) is 19.2 Å².